The summed E-state index contributed by atoms with van der Waals surface area (Å²) in [5.41, 5.74) is 10.0. The van der Waals surface area contributed by atoms with Crippen molar-refractivity contribution < 1.29 is 24.5 Å². The van der Waals surface area contributed by atoms with E-state index < -0.39 is 24.4 Å². The summed E-state index contributed by atoms with van der Waals surface area (Å²) in [6.45, 7) is 6.79. The summed E-state index contributed by atoms with van der Waals surface area (Å²) >= 11 is 0. The van der Waals surface area contributed by atoms with Crippen molar-refractivity contribution >= 4 is 23.3 Å². The van der Waals surface area contributed by atoms with E-state index >= 15 is 0 Å². The normalized spacial score (nSPS) is 17.1. The molecule has 0 saturated heterocycles. The number of ether oxygens (including phenoxy) is 2. The van der Waals surface area contributed by atoms with Crippen LogP contribution in [0.3, 0.4) is 0 Å². The van der Waals surface area contributed by atoms with Crippen LogP contribution in [0.15, 0.2) is 132 Å². The third kappa shape index (κ3) is 15.6. The molecular formula is C52H68N4O5. The molecule has 0 radical (unpaired) electrons. The third-order valence-corrected chi connectivity index (χ3v) is 11.8. The molecule has 0 fully saturated rings. The molecule has 9 nitrogen and oxygen atoms in total. The van der Waals surface area contributed by atoms with Crippen LogP contribution in [0.1, 0.15) is 87.5 Å². The summed E-state index contributed by atoms with van der Waals surface area (Å²) in [6.07, 6.45) is 16.1. The minimum absolute atomic E-state index is 0. The summed E-state index contributed by atoms with van der Waals surface area (Å²) < 4.78 is 11.3. The van der Waals surface area contributed by atoms with Crippen molar-refractivity contribution in [3.8, 4) is 0 Å². The molecule has 0 amide bonds. The van der Waals surface area contributed by atoms with Crippen LogP contribution in [0.5, 0.6) is 0 Å². The molecule has 6 rings (SSSR count). The fraction of sp³-hybridized carbons (Fsp3) is 0.423. The minimum Gasteiger partial charge on any atom is -0.438 e. The average Bonchev–Trinajstić information content (AvgIpc) is 3.27. The number of hydrogen-bond donors (Lipinski definition) is 4. The van der Waals surface area contributed by atoms with Gasteiger partial charge in [0.15, 0.2) is 12.5 Å². The van der Waals surface area contributed by atoms with Crippen molar-refractivity contribution in [2.45, 2.75) is 103 Å². The van der Waals surface area contributed by atoms with Crippen LogP contribution in [0.25, 0.3) is 0 Å². The Labute approximate surface area is 364 Å². The van der Waals surface area contributed by atoms with Gasteiger partial charge in [0.1, 0.15) is 0 Å². The van der Waals surface area contributed by atoms with Crippen LogP contribution in [-0.4, -0.2) is 56.0 Å². The van der Waals surface area contributed by atoms with Gasteiger partial charge in [-0.3, -0.25) is 10.6 Å². The second-order valence-electron chi connectivity index (χ2n) is 16.3. The fourth-order valence-electron chi connectivity index (χ4n) is 8.65. The number of esters is 2. The van der Waals surface area contributed by atoms with E-state index in [-0.39, 0.29) is 5.48 Å². The number of carbonyl (C=O) groups excluding carboxylic acids is 2. The molecule has 4 atom stereocenters. The Balaban J connectivity index is 0.00000704. The van der Waals surface area contributed by atoms with E-state index in [2.05, 4.69) is 118 Å². The summed E-state index contributed by atoms with van der Waals surface area (Å²) in [5, 5.41) is 13.6. The molecule has 61 heavy (non-hydrogen) atoms. The largest absolute Gasteiger partial charge is 0.438 e. The van der Waals surface area contributed by atoms with Crippen LogP contribution in [0.2, 0.25) is 0 Å². The van der Waals surface area contributed by atoms with Crippen LogP contribution >= 0.6 is 0 Å². The number of nitrogens with one attached hydrogen (secondary N) is 4. The van der Waals surface area contributed by atoms with Crippen molar-refractivity contribution in [2.24, 2.45) is 11.8 Å². The Morgan fingerprint density at radius 1 is 0.557 bits per heavy atom. The third-order valence-electron chi connectivity index (χ3n) is 11.8. The zero-order valence-corrected chi connectivity index (χ0v) is 36.3. The van der Waals surface area contributed by atoms with Gasteiger partial charge in [0.05, 0.1) is 0 Å². The predicted octanol–water partition coefficient (Wildman–Crippen LogP) is 9.15. The van der Waals surface area contributed by atoms with E-state index in [1.807, 2.05) is 38.1 Å². The summed E-state index contributed by atoms with van der Waals surface area (Å²) in [5.74, 6) is -0.797. The maximum Gasteiger partial charge on any atom is 0.419 e. The first kappa shape index (κ1) is 46.8. The van der Waals surface area contributed by atoms with Gasteiger partial charge >= 0.3 is 11.9 Å². The van der Waals surface area contributed by atoms with Gasteiger partial charge in [-0.05, 0) is 136 Å². The second kappa shape index (κ2) is 25.5. The lowest BCUT2D eigenvalue weighted by molar-refractivity contribution is -0.175. The highest BCUT2D eigenvalue weighted by Gasteiger charge is 2.26. The van der Waals surface area contributed by atoms with E-state index in [4.69, 9.17) is 9.47 Å². The van der Waals surface area contributed by atoms with Crippen LogP contribution in [-0.2, 0) is 44.7 Å². The molecule has 0 aliphatic heterocycles. The van der Waals surface area contributed by atoms with E-state index in [1.165, 1.54) is 49.7 Å². The summed E-state index contributed by atoms with van der Waals surface area (Å²) in [7, 11) is 0. The Morgan fingerprint density at radius 2 is 0.951 bits per heavy atom. The molecule has 2 aliphatic rings. The number of carbonyl (C=O) groups is 2. The molecule has 0 aromatic heterocycles. The lowest BCUT2D eigenvalue weighted by Crippen LogP contribution is -2.41. The maximum atomic E-state index is 13.0. The van der Waals surface area contributed by atoms with Crippen LogP contribution in [0.4, 0.5) is 11.4 Å². The Kier molecular flexibility index (Phi) is 19.6. The first-order chi connectivity index (χ1) is 29.4. The standard InChI is InChI=1S/C52H66N4O4.H2O/c1-3-53-49(37-41-23-27-47(28-24-41)55-33-31-43-19-11-13-21-45(43)35-39-15-7-5-8-16-39)59-51(57)52(58)60-50(54-4-2)38-42-25-29-48(30-26-42)56-34-32-44-20-12-14-22-46(44)36-40-17-9-6-10-18-40;/h5-10,15-20,23-30,45-46,49-50,53-56H,3-4,11-14,21-22,31-38H2,1-2H3;1H2. The van der Waals surface area contributed by atoms with Crippen molar-refractivity contribution in [2.75, 3.05) is 36.8 Å². The molecule has 4 aromatic rings. The first-order valence-corrected chi connectivity index (χ1v) is 22.4. The number of anilines is 2. The molecule has 4 aromatic carbocycles. The SMILES string of the molecule is CCNC(Cc1ccc(NCCC2=CCCCC2Cc2ccccc2)cc1)OC(=O)C(=O)OC(Cc1ccc(NCCC2=CCCCC2Cc2ccccc2)cc1)NCC.O. The highest BCUT2D eigenvalue weighted by molar-refractivity contribution is 6.29. The number of hydrogen-bond acceptors (Lipinski definition) is 8. The summed E-state index contributed by atoms with van der Waals surface area (Å²) in [6, 6.07) is 38.0. The van der Waals surface area contributed by atoms with Gasteiger partial charge in [-0.1, -0.05) is 122 Å². The molecule has 2 aliphatic carbocycles. The Hall–Kier alpha value is -5.22. The van der Waals surface area contributed by atoms with Crippen LogP contribution in [0, 0.1) is 11.8 Å². The van der Waals surface area contributed by atoms with Gasteiger partial charge in [-0.15, -0.1) is 0 Å². The molecule has 0 spiro atoms. The van der Waals surface area contributed by atoms with E-state index in [0.29, 0.717) is 37.8 Å². The van der Waals surface area contributed by atoms with Crippen molar-refractivity contribution in [3.63, 3.8) is 0 Å². The van der Waals surface area contributed by atoms with E-state index in [9.17, 15) is 9.59 Å². The van der Waals surface area contributed by atoms with Crippen molar-refractivity contribution in [1.29, 1.82) is 0 Å². The smallest absolute Gasteiger partial charge is 0.419 e. The molecular weight excluding hydrogens is 761 g/mol. The van der Waals surface area contributed by atoms with E-state index in [0.717, 1.165) is 61.3 Å². The number of benzene rings is 4. The molecule has 326 valence electrons. The zero-order valence-electron chi connectivity index (χ0n) is 36.3. The predicted molar refractivity (Wildman–Crippen MR) is 248 cm³/mol. The van der Waals surface area contributed by atoms with Crippen molar-refractivity contribution in [1.82, 2.24) is 10.6 Å². The average molecular weight is 829 g/mol. The lowest BCUT2D eigenvalue weighted by atomic mass is 9.82. The van der Waals surface area contributed by atoms with Gasteiger partial charge in [-0.25, -0.2) is 9.59 Å². The highest BCUT2D eigenvalue weighted by atomic mass is 16.6. The number of likely N-dealkylation sites (N-methyl/N-ethyl adjacent to an activating group) is 2. The van der Waals surface area contributed by atoms with Crippen molar-refractivity contribution in [3.05, 3.63) is 155 Å². The van der Waals surface area contributed by atoms with Gasteiger partial charge < -0.3 is 25.6 Å². The monoisotopic (exact) mass is 829 g/mol. The second-order valence-corrected chi connectivity index (χ2v) is 16.3. The molecule has 6 N–H and O–H groups in total. The van der Waals surface area contributed by atoms with Gasteiger partial charge in [0, 0.05) is 37.3 Å². The maximum absolute atomic E-state index is 13.0. The minimum atomic E-state index is -1.01. The van der Waals surface area contributed by atoms with E-state index in [1.54, 1.807) is 11.1 Å². The van der Waals surface area contributed by atoms with Gasteiger partial charge in [0.25, 0.3) is 0 Å². The highest BCUT2D eigenvalue weighted by Crippen LogP contribution is 2.31. The Bertz CT molecular complexity index is 1810. The quantitative estimate of drug-likeness (QED) is 0.0267. The topological polar surface area (TPSA) is 132 Å². The summed E-state index contributed by atoms with van der Waals surface area (Å²) in [4.78, 5) is 26.0. The molecule has 0 bridgehead atoms. The van der Waals surface area contributed by atoms with Gasteiger partial charge in [0.2, 0.25) is 0 Å². The zero-order chi connectivity index (χ0) is 41.8. The van der Waals surface area contributed by atoms with Crippen LogP contribution < -0.4 is 21.3 Å². The first-order valence-electron chi connectivity index (χ1n) is 22.4. The fourth-order valence-corrected chi connectivity index (χ4v) is 8.65. The molecule has 9 heteroatoms. The van der Waals surface area contributed by atoms with Gasteiger partial charge in [-0.2, -0.15) is 0 Å². The molecule has 4 unspecified atom stereocenters. The Morgan fingerprint density at radius 3 is 1.33 bits per heavy atom. The number of rotatable bonds is 22. The molecule has 0 saturated carbocycles. The lowest BCUT2D eigenvalue weighted by Gasteiger charge is -2.25. The molecule has 0 heterocycles. The number of allylic oxidation sites excluding steroid dienone is 2.